The number of ether oxygens (including phenoxy) is 1. The summed E-state index contributed by atoms with van der Waals surface area (Å²) in [7, 11) is 0. The van der Waals surface area contributed by atoms with Gasteiger partial charge in [0.1, 0.15) is 11.5 Å². The van der Waals surface area contributed by atoms with E-state index in [1.54, 1.807) is 0 Å². The lowest BCUT2D eigenvalue weighted by Gasteiger charge is -2.11. The topological polar surface area (TPSA) is 33.0 Å². The third kappa shape index (κ3) is 3.22. The quantitative estimate of drug-likeness (QED) is 0.779. The fourth-order valence-electron chi connectivity index (χ4n) is 1.52. The SMILES string of the molecule is N#Cc1ccc(Oc2ccc(Cl)c(C(F)(F)F)c2)cc1. The van der Waals surface area contributed by atoms with Crippen LogP contribution in [0.5, 0.6) is 11.5 Å². The Labute approximate surface area is 118 Å². The predicted molar refractivity (Wildman–Crippen MR) is 67.7 cm³/mol. The standard InChI is InChI=1S/C14H7ClF3NO/c15-13-6-5-11(7-12(13)14(16,17)18)20-10-3-1-9(8-19)2-4-10/h1-7H. The maximum atomic E-state index is 12.7. The van der Waals surface area contributed by atoms with Crippen LogP contribution in [0.1, 0.15) is 11.1 Å². The van der Waals surface area contributed by atoms with Crippen molar-refractivity contribution in [2.45, 2.75) is 6.18 Å². The van der Waals surface area contributed by atoms with E-state index in [1.165, 1.54) is 30.3 Å². The van der Waals surface area contributed by atoms with Gasteiger partial charge < -0.3 is 4.74 Å². The van der Waals surface area contributed by atoms with Crippen molar-refractivity contribution in [3.8, 4) is 17.6 Å². The molecule has 2 aromatic carbocycles. The van der Waals surface area contributed by atoms with E-state index in [0.29, 0.717) is 11.3 Å². The van der Waals surface area contributed by atoms with E-state index in [2.05, 4.69) is 0 Å². The minimum atomic E-state index is -4.54. The third-order valence-corrected chi connectivity index (χ3v) is 2.79. The Morgan fingerprint density at radius 3 is 2.15 bits per heavy atom. The molecule has 0 saturated carbocycles. The highest BCUT2D eigenvalue weighted by molar-refractivity contribution is 6.31. The lowest BCUT2D eigenvalue weighted by Crippen LogP contribution is -2.05. The number of benzene rings is 2. The molecule has 20 heavy (non-hydrogen) atoms. The summed E-state index contributed by atoms with van der Waals surface area (Å²) in [5, 5.41) is 8.26. The van der Waals surface area contributed by atoms with E-state index in [1.807, 2.05) is 6.07 Å². The summed E-state index contributed by atoms with van der Waals surface area (Å²) in [6.45, 7) is 0. The van der Waals surface area contributed by atoms with Gasteiger partial charge >= 0.3 is 6.18 Å². The molecule has 2 rings (SSSR count). The van der Waals surface area contributed by atoms with Gasteiger partial charge in [0.15, 0.2) is 0 Å². The molecule has 0 aliphatic rings. The zero-order chi connectivity index (χ0) is 14.8. The van der Waals surface area contributed by atoms with Crippen molar-refractivity contribution in [3.05, 3.63) is 58.6 Å². The van der Waals surface area contributed by atoms with Crippen molar-refractivity contribution in [2.75, 3.05) is 0 Å². The normalized spacial score (nSPS) is 10.9. The first-order chi connectivity index (χ1) is 9.40. The van der Waals surface area contributed by atoms with E-state index >= 15 is 0 Å². The van der Waals surface area contributed by atoms with Crippen LogP contribution in [0.2, 0.25) is 5.02 Å². The van der Waals surface area contributed by atoms with Crippen LogP contribution in [0.3, 0.4) is 0 Å². The molecule has 0 aliphatic heterocycles. The van der Waals surface area contributed by atoms with Gasteiger partial charge in [-0.2, -0.15) is 18.4 Å². The van der Waals surface area contributed by atoms with Gasteiger partial charge in [-0.15, -0.1) is 0 Å². The maximum absolute atomic E-state index is 12.7. The van der Waals surface area contributed by atoms with Gasteiger partial charge in [0.2, 0.25) is 0 Å². The van der Waals surface area contributed by atoms with Crippen molar-refractivity contribution in [1.29, 1.82) is 5.26 Å². The average Bonchev–Trinajstić information content (AvgIpc) is 2.40. The summed E-state index contributed by atoms with van der Waals surface area (Å²) >= 11 is 5.51. The highest BCUT2D eigenvalue weighted by Crippen LogP contribution is 2.37. The molecule has 0 fully saturated rings. The summed E-state index contributed by atoms with van der Waals surface area (Å²) in [6, 6.07) is 11.3. The van der Waals surface area contributed by atoms with Crippen LogP contribution < -0.4 is 4.74 Å². The van der Waals surface area contributed by atoms with Gasteiger partial charge in [0.25, 0.3) is 0 Å². The summed E-state index contributed by atoms with van der Waals surface area (Å²) in [6.07, 6.45) is -4.54. The van der Waals surface area contributed by atoms with Crippen LogP contribution in [-0.2, 0) is 6.18 Å². The lowest BCUT2D eigenvalue weighted by molar-refractivity contribution is -0.137. The molecule has 0 heterocycles. The Hall–Kier alpha value is -2.19. The van der Waals surface area contributed by atoms with Crippen LogP contribution in [-0.4, -0.2) is 0 Å². The second kappa shape index (κ2) is 5.43. The molecular formula is C14H7ClF3NO. The molecule has 6 heteroatoms. The molecule has 0 N–H and O–H groups in total. The molecule has 2 nitrogen and oxygen atoms in total. The summed E-state index contributed by atoms with van der Waals surface area (Å²) < 4.78 is 43.4. The molecule has 0 aliphatic carbocycles. The molecule has 0 saturated heterocycles. The summed E-state index contributed by atoms with van der Waals surface area (Å²) in [4.78, 5) is 0. The largest absolute Gasteiger partial charge is 0.457 e. The van der Waals surface area contributed by atoms with E-state index in [4.69, 9.17) is 21.6 Å². The monoisotopic (exact) mass is 297 g/mol. The number of halogens is 4. The number of rotatable bonds is 2. The molecule has 2 aromatic rings. The van der Waals surface area contributed by atoms with Crippen molar-refractivity contribution < 1.29 is 17.9 Å². The number of hydrogen-bond donors (Lipinski definition) is 0. The van der Waals surface area contributed by atoms with E-state index in [-0.39, 0.29) is 10.8 Å². The van der Waals surface area contributed by atoms with Crippen molar-refractivity contribution in [2.24, 2.45) is 0 Å². The van der Waals surface area contributed by atoms with Crippen LogP contribution in [0, 0.1) is 11.3 Å². The molecule has 0 unspecified atom stereocenters. The second-order valence-corrected chi connectivity index (χ2v) is 4.28. The van der Waals surface area contributed by atoms with E-state index in [9.17, 15) is 13.2 Å². The van der Waals surface area contributed by atoms with Crippen LogP contribution in [0.4, 0.5) is 13.2 Å². The van der Waals surface area contributed by atoms with Gasteiger partial charge in [-0.05, 0) is 42.5 Å². The van der Waals surface area contributed by atoms with Crippen LogP contribution in [0.15, 0.2) is 42.5 Å². The van der Waals surface area contributed by atoms with Gasteiger partial charge in [-0.25, -0.2) is 0 Å². The number of nitrogens with zero attached hydrogens (tertiary/aromatic N) is 1. The Balaban J connectivity index is 2.28. The summed E-state index contributed by atoms with van der Waals surface area (Å²) in [5.74, 6) is 0.353. The van der Waals surface area contributed by atoms with Crippen molar-refractivity contribution >= 4 is 11.6 Å². The number of hydrogen-bond acceptors (Lipinski definition) is 2. The molecule has 0 aromatic heterocycles. The fraction of sp³-hybridized carbons (Fsp3) is 0.0714. The van der Waals surface area contributed by atoms with Gasteiger partial charge in [0.05, 0.1) is 22.2 Å². The molecule has 0 radical (unpaired) electrons. The fourth-order valence-corrected chi connectivity index (χ4v) is 1.74. The minimum Gasteiger partial charge on any atom is -0.457 e. The first-order valence-electron chi connectivity index (χ1n) is 5.45. The third-order valence-electron chi connectivity index (χ3n) is 2.46. The van der Waals surface area contributed by atoms with Gasteiger partial charge in [-0.3, -0.25) is 0 Å². The van der Waals surface area contributed by atoms with Gasteiger partial charge in [0, 0.05) is 0 Å². The number of alkyl halides is 3. The van der Waals surface area contributed by atoms with Crippen molar-refractivity contribution in [1.82, 2.24) is 0 Å². The Kier molecular flexibility index (Phi) is 3.86. The lowest BCUT2D eigenvalue weighted by atomic mass is 10.2. The van der Waals surface area contributed by atoms with Crippen LogP contribution in [0.25, 0.3) is 0 Å². The summed E-state index contributed by atoms with van der Waals surface area (Å²) in [5.41, 5.74) is -0.519. The molecule has 0 spiro atoms. The first-order valence-corrected chi connectivity index (χ1v) is 5.83. The molecule has 102 valence electrons. The predicted octanol–water partition coefficient (Wildman–Crippen LogP) is 5.02. The molecule has 0 atom stereocenters. The van der Waals surface area contributed by atoms with E-state index < -0.39 is 11.7 Å². The molecule has 0 bridgehead atoms. The molecule has 0 amide bonds. The Morgan fingerprint density at radius 1 is 1.00 bits per heavy atom. The number of nitriles is 1. The highest BCUT2D eigenvalue weighted by atomic mass is 35.5. The average molecular weight is 298 g/mol. The highest BCUT2D eigenvalue weighted by Gasteiger charge is 2.33. The molecular weight excluding hydrogens is 291 g/mol. The second-order valence-electron chi connectivity index (χ2n) is 3.88. The maximum Gasteiger partial charge on any atom is 0.417 e. The Bertz CT molecular complexity index is 660. The zero-order valence-electron chi connectivity index (χ0n) is 9.91. The van der Waals surface area contributed by atoms with Crippen molar-refractivity contribution in [3.63, 3.8) is 0 Å². The van der Waals surface area contributed by atoms with E-state index in [0.717, 1.165) is 12.1 Å². The van der Waals surface area contributed by atoms with Gasteiger partial charge in [-0.1, -0.05) is 11.6 Å². The first kappa shape index (κ1) is 14.2. The minimum absolute atomic E-state index is 0.0198. The van der Waals surface area contributed by atoms with Crippen LogP contribution >= 0.6 is 11.6 Å². The zero-order valence-corrected chi connectivity index (χ0v) is 10.7. The Morgan fingerprint density at radius 2 is 1.60 bits per heavy atom. The smallest absolute Gasteiger partial charge is 0.417 e.